The minimum Gasteiger partial charge on any atom is -0.369 e. The van der Waals surface area contributed by atoms with Gasteiger partial charge < -0.3 is 10.2 Å². The van der Waals surface area contributed by atoms with E-state index >= 15 is 0 Å². The standard InChI is InChI=1S/C21H32N4O2/c1-16-7-3-5-9-18(16)22-21(27)23-20(26)15-24-11-13-25(14-12-24)19-10-6-4-8-17(19)2/h4,6,8,10,16,18H,3,5,7,9,11-15H2,1-2H3,(H2,22,23,26,27). The molecule has 1 saturated carbocycles. The molecule has 0 radical (unpaired) electrons. The molecule has 1 aliphatic carbocycles. The lowest BCUT2D eigenvalue weighted by molar-refractivity contribution is -0.121. The fourth-order valence-corrected chi connectivity index (χ4v) is 4.17. The maximum atomic E-state index is 12.2. The van der Waals surface area contributed by atoms with Crippen LogP contribution in [-0.2, 0) is 4.79 Å². The Labute approximate surface area is 162 Å². The SMILES string of the molecule is Cc1ccccc1N1CCN(CC(=O)NC(=O)NC2CCCCC2C)CC1. The first-order chi connectivity index (χ1) is 13.0. The first-order valence-electron chi connectivity index (χ1n) is 10.2. The summed E-state index contributed by atoms with van der Waals surface area (Å²) in [6.45, 7) is 8.00. The predicted molar refractivity (Wildman–Crippen MR) is 108 cm³/mol. The number of benzene rings is 1. The minimum atomic E-state index is -0.350. The van der Waals surface area contributed by atoms with Crippen molar-refractivity contribution in [2.45, 2.75) is 45.6 Å². The maximum Gasteiger partial charge on any atom is 0.321 e. The molecule has 2 N–H and O–H groups in total. The highest BCUT2D eigenvalue weighted by atomic mass is 16.2. The van der Waals surface area contributed by atoms with Gasteiger partial charge in [0, 0.05) is 37.9 Å². The molecule has 2 atom stereocenters. The molecular formula is C21H32N4O2. The Morgan fingerprint density at radius 3 is 2.48 bits per heavy atom. The molecule has 0 spiro atoms. The van der Waals surface area contributed by atoms with Gasteiger partial charge in [-0.3, -0.25) is 15.0 Å². The molecule has 1 aromatic carbocycles. The Morgan fingerprint density at radius 2 is 1.78 bits per heavy atom. The molecule has 2 aliphatic rings. The van der Waals surface area contributed by atoms with Crippen LogP contribution in [0.25, 0.3) is 0 Å². The Hall–Kier alpha value is -2.08. The Bertz CT molecular complexity index is 655. The van der Waals surface area contributed by atoms with Crippen molar-refractivity contribution in [3.8, 4) is 0 Å². The maximum absolute atomic E-state index is 12.2. The van der Waals surface area contributed by atoms with E-state index in [4.69, 9.17) is 0 Å². The van der Waals surface area contributed by atoms with Gasteiger partial charge in [-0.05, 0) is 37.3 Å². The van der Waals surface area contributed by atoms with E-state index in [9.17, 15) is 9.59 Å². The van der Waals surface area contributed by atoms with Crippen LogP contribution in [0.15, 0.2) is 24.3 Å². The van der Waals surface area contributed by atoms with Crippen molar-refractivity contribution in [1.82, 2.24) is 15.5 Å². The van der Waals surface area contributed by atoms with Crippen LogP contribution in [0.4, 0.5) is 10.5 Å². The molecule has 0 bridgehead atoms. The third-order valence-corrected chi connectivity index (χ3v) is 5.88. The Kier molecular flexibility index (Phi) is 6.72. The first-order valence-corrected chi connectivity index (χ1v) is 10.2. The zero-order chi connectivity index (χ0) is 19.2. The van der Waals surface area contributed by atoms with Crippen LogP contribution in [0.1, 0.15) is 38.2 Å². The number of nitrogens with one attached hydrogen (secondary N) is 2. The summed E-state index contributed by atoms with van der Waals surface area (Å²) >= 11 is 0. The number of imide groups is 1. The summed E-state index contributed by atoms with van der Waals surface area (Å²) in [5.41, 5.74) is 2.54. The molecule has 1 saturated heterocycles. The van der Waals surface area contributed by atoms with E-state index in [0.29, 0.717) is 5.92 Å². The molecular weight excluding hydrogens is 340 g/mol. The second-order valence-electron chi connectivity index (χ2n) is 7.94. The number of hydrogen-bond donors (Lipinski definition) is 2. The third kappa shape index (κ3) is 5.45. The summed E-state index contributed by atoms with van der Waals surface area (Å²) in [7, 11) is 0. The largest absolute Gasteiger partial charge is 0.369 e. The van der Waals surface area contributed by atoms with E-state index < -0.39 is 0 Å². The molecule has 1 aromatic rings. The van der Waals surface area contributed by atoms with Gasteiger partial charge in [-0.15, -0.1) is 0 Å². The lowest BCUT2D eigenvalue weighted by Crippen LogP contribution is -2.52. The quantitative estimate of drug-likeness (QED) is 0.852. The summed E-state index contributed by atoms with van der Waals surface area (Å²) in [6, 6.07) is 8.23. The van der Waals surface area contributed by atoms with Crippen molar-refractivity contribution in [1.29, 1.82) is 0 Å². The molecule has 6 nitrogen and oxygen atoms in total. The van der Waals surface area contributed by atoms with Gasteiger partial charge in [0.1, 0.15) is 0 Å². The second-order valence-corrected chi connectivity index (χ2v) is 7.94. The molecule has 1 aliphatic heterocycles. The zero-order valence-electron chi connectivity index (χ0n) is 16.5. The fourth-order valence-electron chi connectivity index (χ4n) is 4.17. The van der Waals surface area contributed by atoms with Gasteiger partial charge in [0.15, 0.2) is 0 Å². The molecule has 148 valence electrons. The van der Waals surface area contributed by atoms with Crippen molar-refractivity contribution in [3.63, 3.8) is 0 Å². The lowest BCUT2D eigenvalue weighted by Gasteiger charge is -2.36. The van der Waals surface area contributed by atoms with E-state index in [2.05, 4.69) is 58.5 Å². The van der Waals surface area contributed by atoms with Gasteiger partial charge >= 0.3 is 6.03 Å². The van der Waals surface area contributed by atoms with Crippen molar-refractivity contribution < 1.29 is 9.59 Å². The predicted octanol–water partition coefficient (Wildman–Crippen LogP) is 2.52. The molecule has 27 heavy (non-hydrogen) atoms. The van der Waals surface area contributed by atoms with Crippen molar-refractivity contribution in [2.24, 2.45) is 5.92 Å². The van der Waals surface area contributed by atoms with Crippen molar-refractivity contribution in [2.75, 3.05) is 37.6 Å². The van der Waals surface area contributed by atoms with E-state index in [1.807, 2.05) is 0 Å². The van der Waals surface area contributed by atoms with Gasteiger partial charge in [0.25, 0.3) is 0 Å². The number of hydrogen-bond acceptors (Lipinski definition) is 4. The molecule has 3 amide bonds. The van der Waals surface area contributed by atoms with Crippen LogP contribution in [0.3, 0.4) is 0 Å². The first kappa shape index (κ1) is 19.7. The number of nitrogens with zero attached hydrogens (tertiary/aromatic N) is 2. The highest BCUT2D eigenvalue weighted by Crippen LogP contribution is 2.23. The van der Waals surface area contributed by atoms with Crippen molar-refractivity contribution >= 4 is 17.6 Å². The highest BCUT2D eigenvalue weighted by molar-refractivity contribution is 5.95. The second kappa shape index (κ2) is 9.22. The monoisotopic (exact) mass is 372 g/mol. The van der Waals surface area contributed by atoms with Gasteiger partial charge in [0.2, 0.25) is 5.91 Å². The number of amides is 3. The van der Waals surface area contributed by atoms with Crippen molar-refractivity contribution in [3.05, 3.63) is 29.8 Å². The van der Waals surface area contributed by atoms with E-state index in [0.717, 1.165) is 45.4 Å². The summed E-state index contributed by atoms with van der Waals surface area (Å²) < 4.78 is 0. The Balaban J connectivity index is 1.40. The summed E-state index contributed by atoms with van der Waals surface area (Å²) in [5.74, 6) is 0.259. The van der Waals surface area contributed by atoms with Crippen LogP contribution in [0.2, 0.25) is 0 Å². The molecule has 3 rings (SSSR count). The number of rotatable bonds is 4. The van der Waals surface area contributed by atoms with Crippen LogP contribution in [0.5, 0.6) is 0 Å². The molecule has 2 unspecified atom stereocenters. The van der Waals surface area contributed by atoms with Gasteiger partial charge in [-0.2, -0.15) is 0 Å². The van der Waals surface area contributed by atoms with Crippen LogP contribution in [0, 0.1) is 12.8 Å². The highest BCUT2D eigenvalue weighted by Gasteiger charge is 2.24. The molecule has 1 heterocycles. The topological polar surface area (TPSA) is 64.7 Å². The Morgan fingerprint density at radius 1 is 1.07 bits per heavy atom. The van der Waals surface area contributed by atoms with Crippen LogP contribution < -0.4 is 15.5 Å². The number of urea groups is 1. The third-order valence-electron chi connectivity index (χ3n) is 5.88. The lowest BCUT2D eigenvalue weighted by atomic mass is 9.86. The normalized spacial score (nSPS) is 23.7. The smallest absolute Gasteiger partial charge is 0.321 e. The van der Waals surface area contributed by atoms with Gasteiger partial charge in [-0.1, -0.05) is 38.0 Å². The number of para-hydroxylation sites is 1. The number of aryl methyl sites for hydroxylation is 1. The van der Waals surface area contributed by atoms with Gasteiger partial charge in [-0.25, -0.2) is 4.79 Å². The summed E-state index contributed by atoms with van der Waals surface area (Å²) in [5, 5.41) is 5.48. The van der Waals surface area contributed by atoms with E-state index in [-0.39, 0.29) is 24.5 Å². The number of carbonyl (C=O) groups excluding carboxylic acids is 2. The minimum absolute atomic E-state index is 0.184. The average molecular weight is 373 g/mol. The summed E-state index contributed by atoms with van der Waals surface area (Å²) in [4.78, 5) is 28.8. The molecule has 2 fully saturated rings. The average Bonchev–Trinajstić information content (AvgIpc) is 2.65. The summed E-state index contributed by atoms with van der Waals surface area (Å²) in [6.07, 6.45) is 4.52. The van der Waals surface area contributed by atoms with E-state index in [1.54, 1.807) is 0 Å². The molecule has 6 heteroatoms. The van der Waals surface area contributed by atoms with Crippen LogP contribution in [-0.4, -0.2) is 55.6 Å². The number of anilines is 1. The number of piperazine rings is 1. The van der Waals surface area contributed by atoms with Gasteiger partial charge in [0.05, 0.1) is 6.54 Å². The fraction of sp³-hybridized carbons (Fsp3) is 0.619. The van der Waals surface area contributed by atoms with Crippen LogP contribution >= 0.6 is 0 Å². The molecule has 0 aromatic heterocycles. The zero-order valence-corrected chi connectivity index (χ0v) is 16.5. The number of carbonyl (C=O) groups is 2. The van der Waals surface area contributed by atoms with E-state index in [1.165, 1.54) is 17.7 Å².